The predicted molar refractivity (Wildman–Crippen MR) is 89.4 cm³/mol. The molecule has 6 heteroatoms. The maximum Gasteiger partial charge on any atom is 0.174 e. The number of benzene rings is 1. The van der Waals surface area contributed by atoms with Gasteiger partial charge in [-0.2, -0.15) is 0 Å². The summed E-state index contributed by atoms with van der Waals surface area (Å²) in [4.78, 5) is 0. The minimum atomic E-state index is -0.483. The topological polar surface area (TPSA) is 55.2 Å². The zero-order valence-corrected chi connectivity index (χ0v) is 14.2. The first-order valence-electron chi connectivity index (χ1n) is 7.53. The molecule has 4 nitrogen and oxygen atoms in total. The van der Waals surface area contributed by atoms with Crippen LogP contribution in [0.5, 0.6) is 0 Å². The van der Waals surface area contributed by atoms with Crippen LogP contribution in [0.4, 0.5) is 0 Å². The van der Waals surface area contributed by atoms with Gasteiger partial charge in [-0.1, -0.05) is 47.4 Å². The van der Waals surface area contributed by atoms with Gasteiger partial charge in [-0.3, -0.25) is 0 Å². The Morgan fingerprint density at radius 2 is 2.27 bits per heavy atom. The number of fused-ring (bicyclic) bond motifs is 1. The molecular formula is C16H20N2O2S2. The molecule has 0 saturated carbocycles. The summed E-state index contributed by atoms with van der Waals surface area (Å²) in [5.41, 5.74) is 2.67. The Balaban J connectivity index is 1.48. The van der Waals surface area contributed by atoms with Crippen LogP contribution in [0.2, 0.25) is 0 Å². The van der Waals surface area contributed by atoms with E-state index in [0.29, 0.717) is 12.4 Å². The Kier molecular flexibility index (Phi) is 5.46. The van der Waals surface area contributed by atoms with Crippen molar-refractivity contribution in [1.29, 1.82) is 0 Å². The molecule has 1 heterocycles. The molecule has 0 spiro atoms. The van der Waals surface area contributed by atoms with Crippen molar-refractivity contribution in [1.82, 2.24) is 10.2 Å². The van der Waals surface area contributed by atoms with E-state index in [9.17, 15) is 5.11 Å². The van der Waals surface area contributed by atoms with Crippen molar-refractivity contribution < 1.29 is 9.84 Å². The fourth-order valence-electron chi connectivity index (χ4n) is 2.66. The van der Waals surface area contributed by atoms with Gasteiger partial charge in [0.15, 0.2) is 4.34 Å². The Labute approximate surface area is 138 Å². The molecule has 1 aliphatic carbocycles. The van der Waals surface area contributed by atoms with E-state index in [1.54, 1.807) is 11.3 Å². The van der Waals surface area contributed by atoms with E-state index >= 15 is 0 Å². The highest BCUT2D eigenvalue weighted by atomic mass is 32.2. The molecule has 118 valence electrons. The van der Waals surface area contributed by atoms with Gasteiger partial charge < -0.3 is 9.84 Å². The van der Waals surface area contributed by atoms with Crippen molar-refractivity contribution in [2.24, 2.45) is 0 Å². The first-order chi connectivity index (χ1) is 10.7. The largest absolute Gasteiger partial charge is 0.390 e. The monoisotopic (exact) mass is 336 g/mol. The van der Waals surface area contributed by atoms with Crippen LogP contribution in [0, 0.1) is 6.92 Å². The van der Waals surface area contributed by atoms with Crippen LogP contribution < -0.4 is 0 Å². The summed E-state index contributed by atoms with van der Waals surface area (Å²) in [7, 11) is 0. The summed E-state index contributed by atoms with van der Waals surface area (Å²) in [6.07, 6.45) is 2.95. The molecule has 1 aliphatic rings. The molecule has 1 N–H and O–H groups in total. The second kappa shape index (κ2) is 7.55. The summed E-state index contributed by atoms with van der Waals surface area (Å²) in [5.74, 6) is 0.586. The predicted octanol–water partition coefficient (Wildman–Crippen LogP) is 3.39. The summed E-state index contributed by atoms with van der Waals surface area (Å²) in [5, 5.41) is 19.1. The highest BCUT2D eigenvalue weighted by Gasteiger charge is 2.21. The van der Waals surface area contributed by atoms with Crippen molar-refractivity contribution in [3.63, 3.8) is 0 Å². The van der Waals surface area contributed by atoms with E-state index < -0.39 is 6.10 Å². The van der Waals surface area contributed by atoms with E-state index in [0.717, 1.165) is 28.6 Å². The number of nitrogens with zero attached hydrogens (tertiary/aromatic N) is 2. The van der Waals surface area contributed by atoms with E-state index in [-0.39, 0.29) is 6.10 Å². The van der Waals surface area contributed by atoms with E-state index in [2.05, 4.69) is 34.5 Å². The highest BCUT2D eigenvalue weighted by Crippen LogP contribution is 2.32. The van der Waals surface area contributed by atoms with Crippen LogP contribution in [0.15, 0.2) is 28.6 Å². The van der Waals surface area contributed by atoms with Crippen LogP contribution in [0.3, 0.4) is 0 Å². The molecule has 0 bridgehead atoms. The summed E-state index contributed by atoms with van der Waals surface area (Å²) in [6.45, 7) is 2.30. The molecule has 22 heavy (non-hydrogen) atoms. The number of aryl methyl sites for hydroxylation is 2. The SMILES string of the molecule is Cc1nnc(SCC(O)COC2CCCc3ccccc32)s1. The fraction of sp³-hybridized carbons (Fsp3) is 0.500. The van der Waals surface area contributed by atoms with Gasteiger partial charge in [-0.25, -0.2) is 0 Å². The zero-order chi connectivity index (χ0) is 15.4. The van der Waals surface area contributed by atoms with E-state index in [4.69, 9.17) is 4.74 Å². The summed E-state index contributed by atoms with van der Waals surface area (Å²) < 4.78 is 6.87. The van der Waals surface area contributed by atoms with Gasteiger partial charge in [0.25, 0.3) is 0 Å². The van der Waals surface area contributed by atoms with Gasteiger partial charge in [0.05, 0.1) is 18.8 Å². The van der Waals surface area contributed by atoms with Crippen LogP contribution in [0.1, 0.15) is 35.1 Å². The van der Waals surface area contributed by atoms with E-state index in [1.165, 1.54) is 22.9 Å². The average Bonchev–Trinajstić information content (AvgIpc) is 2.96. The smallest absolute Gasteiger partial charge is 0.174 e. The van der Waals surface area contributed by atoms with Gasteiger partial charge in [0, 0.05) is 5.75 Å². The number of rotatable bonds is 6. The lowest BCUT2D eigenvalue weighted by Gasteiger charge is -2.26. The molecular weight excluding hydrogens is 316 g/mol. The van der Waals surface area contributed by atoms with Crippen molar-refractivity contribution in [3.05, 3.63) is 40.4 Å². The first kappa shape index (κ1) is 15.9. The van der Waals surface area contributed by atoms with Crippen molar-refractivity contribution >= 4 is 23.1 Å². The normalized spacial score (nSPS) is 18.9. The van der Waals surface area contributed by atoms with E-state index in [1.807, 2.05) is 6.92 Å². The number of thioether (sulfide) groups is 1. The van der Waals surface area contributed by atoms with Crippen LogP contribution >= 0.6 is 23.1 Å². The molecule has 0 saturated heterocycles. The van der Waals surface area contributed by atoms with Gasteiger partial charge >= 0.3 is 0 Å². The van der Waals surface area contributed by atoms with Crippen molar-refractivity contribution in [2.75, 3.05) is 12.4 Å². The highest BCUT2D eigenvalue weighted by molar-refractivity contribution is 8.01. The average molecular weight is 336 g/mol. The zero-order valence-electron chi connectivity index (χ0n) is 12.6. The van der Waals surface area contributed by atoms with Crippen LogP contribution in [-0.4, -0.2) is 33.8 Å². The molecule has 0 radical (unpaired) electrons. The molecule has 2 aromatic rings. The Morgan fingerprint density at radius 1 is 1.41 bits per heavy atom. The molecule has 0 aliphatic heterocycles. The number of hydrogen-bond donors (Lipinski definition) is 1. The van der Waals surface area contributed by atoms with Crippen LogP contribution in [0.25, 0.3) is 0 Å². The number of hydrogen-bond acceptors (Lipinski definition) is 6. The van der Waals surface area contributed by atoms with Gasteiger partial charge in [-0.05, 0) is 37.3 Å². The third-order valence-electron chi connectivity index (χ3n) is 3.71. The molecule has 1 aromatic carbocycles. The standard InChI is InChI=1S/C16H20N2O2S2/c1-11-17-18-16(22-11)21-10-13(19)9-20-15-8-4-6-12-5-2-3-7-14(12)15/h2-3,5,7,13,15,19H,4,6,8-10H2,1H3. The minimum absolute atomic E-state index is 0.119. The maximum atomic E-state index is 10.1. The van der Waals surface area contributed by atoms with Gasteiger partial charge in [0.2, 0.25) is 0 Å². The molecule has 2 unspecified atom stereocenters. The van der Waals surface area contributed by atoms with Crippen LogP contribution in [-0.2, 0) is 11.2 Å². The second-order valence-electron chi connectivity index (χ2n) is 5.46. The first-order valence-corrected chi connectivity index (χ1v) is 9.33. The fourth-order valence-corrected chi connectivity index (χ4v) is 4.41. The lowest BCUT2D eigenvalue weighted by atomic mass is 9.89. The van der Waals surface area contributed by atoms with Gasteiger partial charge in [-0.15, -0.1) is 10.2 Å². The summed E-state index contributed by atoms with van der Waals surface area (Å²) in [6, 6.07) is 8.46. The third-order valence-corrected chi connectivity index (χ3v) is 5.83. The number of aliphatic hydroxyl groups excluding tert-OH is 1. The number of ether oxygens (including phenoxy) is 1. The Morgan fingerprint density at radius 3 is 3.09 bits per heavy atom. The Bertz CT molecular complexity index is 618. The minimum Gasteiger partial charge on any atom is -0.390 e. The lowest BCUT2D eigenvalue weighted by molar-refractivity contribution is -0.00959. The molecule has 3 rings (SSSR count). The molecule has 0 fully saturated rings. The number of aliphatic hydroxyl groups is 1. The number of aromatic nitrogens is 2. The van der Waals surface area contributed by atoms with Gasteiger partial charge in [0.1, 0.15) is 5.01 Å². The quantitative estimate of drug-likeness (QED) is 0.820. The molecule has 2 atom stereocenters. The molecule has 0 amide bonds. The van der Waals surface area contributed by atoms with Crippen molar-refractivity contribution in [3.8, 4) is 0 Å². The Hall–Kier alpha value is -0.950. The lowest BCUT2D eigenvalue weighted by Crippen LogP contribution is -2.22. The van der Waals surface area contributed by atoms with Crippen molar-refractivity contribution in [2.45, 2.75) is 42.7 Å². The molecule has 1 aromatic heterocycles. The maximum absolute atomic E-state index is 10.1. The summed E-state index contributed by atoms with van der Waals surface area (Å²) >= 11 is 3.09. The third kappa shape index (κ3) is 4.07. The second-order valence-corrected chi connectivity index (χ2v) is 7.91.